The molecule has 2 amide bonds. The van der Waals surface area contributed by atoms with Crippen molar-refractivity contribution < 1.29 is 14.7 Å². The van der Waals surface area contributed by atoms with Crippen LogP contribution in [0.1, 0.15) is 25.3 Å². The van der Waals surface area contributed by atoms with Crippen molar-refractivity contribution in [1.29, 1.82) is 5.26 Å². The molecular weight excluding hydrogens is 306 g/mol. The maximum absolute atomic E-state index is 11.8. The first-order valence-electron chi connectivity index (χ1n) is 6.84. The normalized spacial score (nSPS) is 16.3. The van der Waals surface area contributed by atoms with E-state index in [0.29, 0.717) is 5.02 Å². The fourth-order valence-electron chi connectivity index (χ4n) is 2.09. The highest BCUT2D eigenvalue weighted by molar-refractivity contribution is 6.40. The predicted octanol–water partition coefficient (Wildman–Crippen LogP) is 1.43. The van der Waals surface area contributed by atoms with E-state index in [-0.39, 0.29) is 23.7 Å². The Bertz CT molecular complexity index is 648. The van der Waals surface area contributed by atoms with Gasteiger partial charge in [0.25, 0.3) is 0 Å². The van der Waals surface area contributed by atoms with E-state index in [9.17, 15) is 14.7 Å². The summed E-state index contributed by atoms with van der Waals surface area (Å²) in [6, 6.07) is 6.26. The summed E-state index contributed by atoms with van der Waals surface area (Å²) >= 11 is 5.81. The lowest BCUT2D eigenvalue weighted by molar-refractivity contribution is -0.136. The molecule has 0 bridgehead atoms. The van der Waals surface area contributed by atoms with Crippen LogP contribution in [0.3, 0.4) is 0 Å². The summed E-state index contributed by atoms with van der Waals surface area (Å²) in [4.78, 5) is 23.6. The summed E-state index contributed by atoms with van der Waals surface area (Å²) in [5.74, 6) is -1.62. The van der Waals surface area contributed by atoms with Crippen molar-refractivity contribution in [2.75, 3.05) is 11.9 Å². The third kappa shape index (κ3) is 3.97. The van der Waals surface area contributed by atoms with Gasteiger partial charge < -0.3 is 15.7 Å². The molecule has 2 rings (SSSR count). The average Bonchev–Trinajstić information content (AvgIpc) is 3.30. The number of hydrogen-bond donors (Lipinski definition) is 3. The second-order valence-electron chi connectivity index (χ2n) is 5.57. The van der Waals surface area contributed by atoms with E-state index < -0.39 is 17.4 Å². The molecule has 3 N–H and O–H groups in total. The summed E-state index contributed by atoms with van der Waals surface area (Å²) in [7, 11) is 0. The van der Waals surface area contributed by atoms with Crippen LogP contribution in [0.25, 0.3) is 0 Å². The third-order valence-electron chi connectivity index (χ3n) is 3.62. The van der Waals surface area contributed by atoms with Crippen molar-refractivity contribution >= 4 is 29.1 Å². The molecular formula is C15H16ClN3O3. The molecule has 0 saturated heterocycles. The van der Waals surface area contributed by atoms with Crippen molar-refractivity contribution in [1.82, 2.24) is 5.32 Å². The molecule has 1 aromatic rings. The molecule has 1 fully saturated rings. The molecule has 0 radical (unpaired) electrons. The van der Waals surface area contributed by atoms with Gasteiger partial charge in [0.05, 0.1) is 16.9 Å². The van der Waals surface area contributed by atoms with Crippen LogP contribution >= 0.6 is 11.6 Å². The molecule has 1 unspecified atom stereocenters. The van der Waals surface area contributed by atoms with E-state index in [1.165, 1.54) is 18.2 Å². The minimum Gasteiger partial charge on any atom is -0.388 e. The van der Waals surface area contributed by atoms with Crippen LogP contribution in [0.4, 0.5) is 5.69 Å². The maximum atomic E-state index is 11.8. The molecule has 1 aromatic carbocycles. The number of nitriles is 1. The summed E-state index contributed by atoms with van der Waals surface area (Å²) in [6.07, 6.45) is 1.84. The molecule has 1 aliphatic carbocycles. The standard InChI is InChI=1S/C15H16ClN3O3/c1-15(22,10-3-4-10)8-18-13(20)14(21)19-12-6-11(16)5-2-9(12)7-17/h2,5-6,10,22H,3-4,8H2,1H3,(H,18,20)(H,19,21). The predicted molar refractivity (Wildman–Crippen MR) is 81.2 cm³/mol. The topological polar surface area (TPSA) is 102 Å². The van der Waals surface area contributed by atoms with Gasteiger partial charge in [0, 0.05) is 11.6 Å². The summed E-state index contributed by atoms with van der Waals surface area (Å²) in [6.45, 7) is 1.64. The van der Waals surface area contributed by atoms with E-state index in [0.717, 1.165) is 12.8 Å². The van der Waals surface area contributed by atoms with Gasteiger partial charge in [-0.1, -0.05) is 11.6 Å². The van der Waals surface area contributed by atoms with Crippen LogP contribution in [0.15, 0.2) is 18.2 Å². The zero-order valence-electron chi connectivity index (χ0n) is 12.0. The van der Waals surface area contributed by atoms with Crippen LogP contribution in [0, 0.1) is 17.2 Å². The molecule has 0 aliphatic heterocycles. The first-order valence-corrected chi connectivity index (χ1v) is 7.22. The number of carbonyl (C=O) groups is 2. The lowest BCUT2D eigenvalue weighted by Crippen LogP contribution is -2.45. The monoisotopic (exact) mass is 321 g/mol. The number of aliphatic hydroxyl groups is 1. The molecule has 0 aromatic heterocycles. The summed E-state index contributed by atoms with van der Waals surface area (Å²) < 4.78 is 0. The molecule has 116 valence electrons. The van der Waals surface area contributed by atoms with Crippen LogP contribution in [0.2, 0.25) is 5.02 Å². The van der Waals surface area contributed by atoms with Gasteiger partial charge in [-0.25, -0.2) is 0 Å². The van der Waals surface area contributed by atoms with Gasteiger partial charge in [-0.05, 0) is 43.9 Å². The maximum Gasteiger partial charge on any atom is 0.313 e. The van der Waals surface area contributed by atoms with Crippen molar-refractivity contribution in [3.8, 4) is 6.07 Å². The van der Waals surface area contributed by atoms with Crippen LogP contribution in [0.5, 0.6) is 0 Å². The smallest absolute Gasteiger partial charge is 0.313 e. The molecule has 1 saturated carbocycles. The lowest BCUT2D eigenvalue weighted by Gasteiger charge is -2.23. The largest absolute Gasteiger partial charge is 0.388 e. The molecule has 7 heteroatoms. The first kappa shape index (κ1) is 16.3. The number of benzene rings is 1. The van der Waals surface area contributed by atoms with Gasteiger partial charge in [-0.15, -0.1) is 0 Å². The van der Waals surface area contributed by atoms with Gasteiger partial charge >= 0.3 is 11.8 Å². The average molecular weight is 322 g/mol. The number of anilines is 1. The molecule has 0 heterocycles. The molecule has 6 nitrogen and oxygen atoms in total. The summed E-state index contributed by atoms with van der Waals surface area (Å²) in [5, 5.41) is 24.1. The molecule has 0 spiro atoms. The third-order valence-corrected chi connectivity index (χ3v) is 3.86. The van der Waals surface area contributed by atoms with Crippen molar-refractivity contribution in [3.05, 3.63) is 28.8 Å². The van der Waals surface area contributed by atoms with Gasteiger partial charge in [0.2, 0.25) is 0 Å². The minimum atomic E-state index is -1.01. The quantitative estimate of drug-likeness (QED) is 0.730. The Kier molecular flexibility index (Phi) is 4.69. The SMILES string of the molecule is CC(O)(CNC(=O)C(=O)Nc1cc(Cl)ccc1C#N)C1CC1. The Hall–Kier alpha value is -2.10. The first-order chi connectivity index (χ1) is 10.3. The Morgan fingerprint density at radius 2 is 2.14 bits per heavy atom. The van der Waals surface area contributed by atoms with Gasteiger partial charge in [-0.3, -0.25) is 9.59 Å². The second kappa shape index (κ2) is 6.34. The minimum absolute atomic E-state index is 0.00454. The van der Waals surface area contributed by atoms with Crippen molar-refractivity contribution in [3.63, 3.8) is 0 Å². The second-order valence-corrected chi connectivity index (χ2v) is 6.01. The summed E-state index contributed by atoms with van der Waals surface area (Å²) in [5.41, 5.74) is -0.635. The van der Waals surface area contributed by atoms with Gasteiger partial charge in [0.15, 0.2) is 0 Å². The Morgan fingerprint density at radius 3 is 2.73 bits per heavy atom. The van der Waals surface area contributed by atoms with E-state index in [4.69, 9.17) is 16.9 Å². The lowest BCUT2D eigenvalue weighted by atomic mass is 10.0. The van der Waals surface area contributed by atoms with Gasteiger partial charge in [0.1, 0.15) is 6.07 Å². The molecule has 1 aliphatic rings. The Labute approximate surface area is 133 Å². The zero-order chi connectivity index (χ0) is 16.3. The van der Waals surface area contributed by atoms with Crippen LogP contribution < -0.4 is 10.6 Å². The van der Waals surface area contributed by atoms with Crippen molar-refractivity contribution in [2.24, 2.45) is 5.92 Å². The highest BCUT2D eigenvalue weighted by atomic mass is 35.5. The number of rotatable bonds is 4. The Morgan fingerprint density at radius 1 is 1.45 bits per heavy atom. The number of halogens is 1. The van der Waals surface area contributed by atoms with E-state index in [1.54, 1.807) is 6.92 Å². The van der Waals surface area contributed by atoms with E-state index in [2.05, 4.69) is 10.6 Å². The molecule has 22 heavy (non-hydrogen) atoms. The van der Waals surface area contributed by atoms with Crippen LogP contribution in [-0.2, 0) is 9.59 Å². The van der Waals surface area contributed by atoms with E-state index in [1.807, 2.05) is 6.07 Å². The fraction of sp³-hybridized carbons (Fsp3) is 0.400. The number of carbonyl (C=O) groups excluding carboxylic acids is 2. The number of nitrogens with zero attached hydrogens (tertiary/aromatic N) is 1. The highest BCUT2D eigenvalue weighted by Crippen LogP contribution is 2.38. The fourth-order valence-corrected chi connectivity index (χ4v) is 2.26. The number of nitrogens with one attached hydrogen (secondary N) is 2. The Balaban J connectivity index is 1.95. The van der Waals surface area contributed by atoms with Crippen LogP contribution in [-0.4, -0.2) is 29.1 Å². The number of hydrogen-bond acceptors (Lipinski definition) is 4. The number of amides is 2. The van der Waals surface area contributed by atoms with E-state index >= 15 is 0 Å². The van der Waals surface area contributed by atoms with Gasteiger partial charge in [-0.2, -0.15) is 5.26 Å². The molecule has 1 atom stereocenters. The van der Waals surface area contributed by atoms with Crippen molar-refractivity contribution in [2.45, 2.75) is 25.4 Å². The highest BCUT2D eigenvalue weighted by Gasteiger charge is 2.40. The zero-order valence-corrected chi connectivity index (χ0v) is 12.8.